The number of hydrogen-bond acceptors (Lipinski definition) is 6. The lowest BCUT2D eigenvalue weighted by Crippen LogP contribution is -2.58. The smallest absolute Gasteiger partial charge is 0.318 e. The monoisotopic (exact) mass is 428 g/mol. The Morgan fingerprint density at radius 3 is 2.00 bits per heavy atom. The quantitative estimate of drug-likeness (QED) is 0.344. The van der Waals surface area contributed by atoms with Gasteiger partial charge in [0, 0.05) is 31.9 Å². The van der Waals surface area contributed by atoms with Gasteiger partial charge in [-0.2, -0.15) is 0 Å². The maximum atomic E-state index is 12.4. The van der Waals surface area contributed by atoms with Crippen molar-refractivity contribution in [3.8, 4) is 11.1 Å². The van der Waals surface area contributed by atoms with Crippen LogP contribution in [0.25, 0.3) is 11.1 Å². The van der Waals surface area contributed by atoms with Crippen LogP contribution in [0.1, 0.15) is 12.5 Å². The number of amides is 3. The second-order valence-corrected chi connectivity index (χ2v) is 7.52. The number of urea groups is 1. The van der Waals surface area contributed by atoms with E-state index < -0.39 is 24.1 Å². The van der Waals surface area contributed by atoms with Crippen molar-refractivity contribution >= 4 is 17.6 Å². The molecule has 166 valence electrons. The number of benzene rings is 2. The molecule has 0 spiro atoms. The summed E-state index contributed by atoms with van der Waals surface area (Å²) in [6, 6.07) is 14.3. The molecule has 5 N–H and O–H groups in total. The molecule has 0 unspecified atom stereocenters. The molecule has 31 heavy (non-hydrogen) atoms. The van der Waals surface area contributed by atoms with Crippen LogP contribution in [0.5, 0.6) is 0 Å². The summed E-state index contributed by atoms with van der Waals surface area (Å²) < 4.78 is 0. The van der Waals surface area contributed by atoms with Crippen LogP contribution in [0, 0.1) is 0 Å². The third-order valence-corrected chi connectivity index (χ3v) is 5.42. The fourth-order valence-electron chi connectivity index (χ4n) is 3.53. The maximum absolute atomic E-state index is 12.4. The van der Waals surface area contributed by atoms with Gasteiger partial charge in [-0.25, -0.2) is 10.3 Å². The van der Waals surface area contributed by atoms with E-state index in [1.165, 1.54) is 12.4 Å². The van der Waals surface area contributed by atoms with E-state index in [4.69, 9.17) is 10.3 Å². The van der Waals surface area contributed by atoms with E-state index >= 15 is 0 Å². The first kappa shape index (κ1) is 22.5. The van der Waals surface area contributed by atoms with Gasteiger partial charge in [-0.05, 0) is 35.7 Å². The number of carbonyl (C=O) groups excluding carboxylic acids is 2. The Kier molecular flexibility index (Phi) is 7.45. The molecule has 2 aromatic rings. The van der Waals surface area contributed by atoms with E-state index in [0.29, 0.717) is 26.2 Å². The molecular weight excluding hydrogens is 400 g/mol. The van der Waals surface area contributed by atoms with E-state index in [2.05, 4.69) is 10.2 Å². The summed E-state index contributed by atoms with van der Waals surface area (Å²) in [4.78, 5) is 27.8. The van der Waals surface area contributed by atoms with Gasteiger partial charge in [0.05, 0.1) is 12.7 Å². The highest BCUT2D eigenvalue weighted by molar-refractivity contribution is 5.87. The number of piperazine rings is 1. The molecule has 9 nitrogen and oxygen atoms in total. The van der Waals surface area contributed by atoms with Crippen LogP contribution in [-0.4, -0.2) is 70.6 Å². The molecule has 0 radical (unpaired) electrons. The van der Waals surface area contributed by atoms with E-state index in [0.717, 1.165) is 22.4 Å². The number of carbonyl (C=O) groups is 2. The molecule has 3 rings (SSSR count). The Bertz CT molecular complexity index is 878. The zero-order valence-corrected chi connectivity index (χ0v) is 17.4. The van der Waals surface area contributed by atoms with Gasteiger partial charge in [-0.15, -0.1) is 0 Å². The van der Waals surface area contributed by atoms with Crippen LogP contribution in [0.3, 0.4) is 0 Å². The average Bonchev–Trinajstić information content (AvgIpc) is 2.82. The van der Waals surface area contributed by atoms with Gasteiger partial charge in [-0.3, -0.25) is 10.0 Å². The Morgan fingerprint density at radius 2 is 1.52 bits per heavy atom. The molecule has 0 aliphatic carbocycles. The number of aliphatic hydroxyl groups is 2. The van der Waals surface area contributed by atoms with Gasteiger partial charge in [0.25, 0.3) is 5.91 Å². The molecule has 3 amide bonds. The van der Waals surface area contributed by atoms with E-state index in [9.17, 15) is 14.7 Å². The van der Waals surface area contributed by atoms with Crippen molar-refractivity contribution in [2.45, 2.75) is 25.7 Å². The predicted octanol–water partition coefficient (Wildman–Crippen LogP) is 0.932. The summed E-state index contributed by atoms with van der Waals surface area (Å²) in [5, 5.41) is 30.0. The van der Waals surface area contributed by atoms with Crippen molar-refractivity contribution < 1.29 is 25.0 Å². The number of aliphatic hydroxyl groups excluding tert-OH is 2. The number of hydroxylamine groups is 1. The molecule has 1 aliphatic heterocycles. The lowest BCUT2D eigenvalue weighted by molar-refractivity contribution is -0.133. The van der Waals surface area contributed by atoms with Crippen LogP contribution in [-0.2, 0) is 11.4 Å². The molecule has 0 aromatic heterocycles. The van der Waals surface area contributed by atoms with Crippen LogP contribution >= 0.6 is 0 Å². The molecule has 0 saturated carbocycles. The Balaban J connectivity index is 1.56. The zero-order chi connectivity index (χ0) is 22.4. The van der Waals surface area contributed by atoms with Crippen LogP contribution < -0.4 is 15.7 Å². The third-order valence-electron chi connectivity index (χ3n) is 5.42. The SMILES string of the molecule is C[C@H](O)[C@@H](NC(=O)N1CCN(c2ccc(-c3ccc(CO)cc3)cc2)CC1)C(=O)NO. The third kappa shape index (κ3) is 5.52. The summed E-state index contributed by atoms with van der Waals surface area (Å²) in [5.41, 5.74) is 5.54. The lowest BCUT2D eigenvalue weighted by atomic mass is 10.0. The fourth-order valence-corrected chi connectivity index (χ4v) is 3.53. The number of anilines is 1. The van der Waals surface area contributed by atoms with Crippen molar-refractivity contribution in [1.29, 1.82) is 0 Å². The minimum absolute atomic E-state index is 0.0253. The summed E-state index contributed by atoms with van der Waals surface area (Å²) in [6.45, 7) is 3.57. The number of nitrogens with zero attached hydrogens (tertiary/aromatic N) is 2. The summed E-state index contributed by atoms with van der Waals surface area (Å²) in [6.07, 6.45) is -1.14. The highest BCUT2D eigenvalue weighted by Crippen LogP contribution is 2.24. The second-order valence-electron chi connectivity index (χ2n) is 7.52. The Morgan fingerprint density at radius 1 is 0.968 bits per heavy atom. The summed E-state index contributed by atoms with van der Waals surface area (Å²) >= 11 is 0. The molecule has 1 aliphatic rings. The van der Waals surface area contributed by atoms with Gasteiger partial charge in [0.15, 0.2) is 0 Å². The topological polar surface area (TPSA) is 125 Å². The van der Waals surface area contributed by atoms with Crippen molar-refractivity contribution in [2.75, 3.05) is 31.1 Å². The molecule has 1 heterocycles. The van der Waals surface area contributed by atoms with E-state index in [1.807, 2.05) is 48.5 Å². The number of hydrogen-bond donors (Lipinski definition) is 5. The van der Waals surface area contributed by atoms with Gasteiger partial charge in [-0.1, -0.05) is 36.4 Å². The molecule has 9 heteroatoms. The molecule has 1 fully saturated rings. The molecular formula is C22H28N4O5. The maximum Gasteiger partial charge on any atom is 0.318 e. The fraction of sp³-hybridized carbons (Fsp3) is 0.364. The normalized spacial score (nSPS) is 15.9. The Labute approximate surface area is 180 Å². The van der Waals surface area contributed by atoms with E-state index in [1.54, 1.807) is 4.90 Å². The van der Waals surface area contributed by atoms with Crippen molar-refractivity contribution in [2.24, 2.45) is 0 Å². The Hall–Kier alpha value is -3.14. The molecule has 1 saturated heterocycles. The molecule has 0 bridgehead atoms. The zero-order valence-electron chi connectivity index (χ0n) is 17.4. The number of nitrogens with one attached hydrogen (secondary N) is 2. The molecule has 2 atom stereocenters. The highest BCUT2D eigenvalue weighted by Gasteiger charge is 2.29. The van der Waals surface area contributed by atoms with Crippen LogP contribution in [0.2, 0.25) is 0 Å². The van der Waals surface area contributed by atoms with Crippen molar-refractivity contribution in [3.05, 3.63) is 54.1 Å². The first-order valence-corrected chi connectivity index (χ1v) is 10.2. The average molecular weight is 428 g/mol. The minimum Gasteiger partial charge on any atom is -0.392 e. The van der Waals surface area contributed by atoms with Crippen LogP contribution in [0.4, 0.5) is 10.5 Å². The van der Waals surface area contributed by atoms with Crippen molar-refractivity contribution in [3.63, 3.8) is 0 Å². The van der Waals surface area contributed by atoms with Crippen LogP contribution in [0.15, 0.2) is 48.5 Å². The predicted molar refractivity (Wildman–Crippen MR) is 116 cm³/mol. The van der Waals surface area contributed by atoms with Gasteiger partial charge in [0.2, 0.25) is 0 Å². The minimum atomic E-state index is -1.23. The van der Waals surface area contributed by atoms with Gasteiger partial charge < -0.3 is 25.3 Å². The van der Waals surface area contributed by atoms with E-state index in [-0.39, 0.29) is 6.61 Å². The first-order chi connectivity index (χ1) is 14.9. The second kappa shape index (κ2) is 10.3. The first-order valence-electron chi connectivity index (χ1n) is 10.2. The van der Waals surface area contributed by atoms with Gasteiger partial charge >= 0.3 is 6.03 Å². The lowest BCUT2D eigenvalue weighted by Gasteiger charge is -2.36. The highest BCUT2D eigenvalue weighted by atomic mass is 16.5. The summed E-state index contributed by atoms with van der Waals surface area (Å²) in [5.74, 6) is -0.868. The van der Waals surface area contributed by atoms with Gasteiger partial charge in [0.1, 0.15) is 6.04 Å². The largest absolute Gasteiger partial charge is 0.392 e. The summed E-state index contributed by atoms with van der Waals surface area (Å²) in [7, 11) is 0. The standard InChI is InChI=1S/C22H28N4O5/c1-15(28)20(21(29)24-31)23-22(30)26-12-10-25(11-13-26)19-8-6-18(7-9-19)17-4-2-16(14-27)3-5-17/h2-9,15,20,27-28,31H,10-14H2,1H3,(H,23,30)(H,24,29)/t15-,20+/m0/s1. The number of rotatable bonds is 6. The van der Waals surface area contributed by atoms with Crippen molar-refractivity contribution in [1.82, 2.24) is 15.7 Å². The molecule has 2 aromatic carbocycles.